The van der Waals surface area contributed by atoms with Gasteiger partial charge in [0.1, 0.15) is 10.0 Å². The second-order valence-corrected chi connectivity index (χ2v) is 26.4. The molecule has 0 N–H and O–H groups in total. The fraction of sp³-hybridized carbons (Fsp3) is 0.750. The minimum absolute atomic E-state index is 0.818. The molecule has 5 rings (SSSR count). The van der Waals surface area contributed by atoms with Crippen LogP contribution in [-0.4, -0.2) is 9.97 Å². The Morgan fingerprint density at radius 2 is 0.571 bits per heavy atom. The van der Waals surface area contributed by atoms with Gasteiger partial charge in [0, 0.05) is 9.75 Å². The van der Waals surface area contributed by atoms with Crippen LogP contribution >= 0.6 is 45.3 Å². The molecule has 2 unspecified atom stereocenters. The summed E-state index contributed by atoms with van der Waals surface area (Å²) in [6.07, 6.45) is 59.2. The summed E-state index contributed by atoms with van der Waals surface area (Å²) >= 11 is 7.75. The molecule has 5 aromatic rings. The van der Waals surface area contributed by atoms with Crippen LogP contribution < -0.4 is 0 Å². The number of rotatable bonds is 46. The molecule has 0 aliphatic heterocycles. The normalized spacial score (nSPS) is 12.9. The van der Waals surface area contributed by atoms with Crippen molar-refractivity contribution in [3.63, 3.8) is 0 Å². The number of nitrogens with zero attached hydrogens (tertiary/aromatic N) is 2. The Morgan fingerprint density at radius 3 is 0.843 bits per heavy atom. The summed E-state index contributed by atoms with van der Waals surface area (Å²) in [6.45, 7) is 9.28. The van der Waals surface area contributed by atoms with Crippen molar-refractivity contribution in [3.05, 3.63) is 46.2 Å². The van der Waals surface area contributed by atoms with Gasteiger partial charge in [-0.2, -0.15) is 0 Å². The van der Waals surface area contributed by atoms with Crippen LogP contribution in [0.15, 0.2) is 36.4 Å². The van der Waals surface area contributed by atoms with E-state index < -0.39 is 0 Å². The van der Waals surface area contributed by atoms with E-state index in [0.717, 1.165) is 22.9 Å². The van der Waals surface area contributed by atoms with E-state index in [1.807, 2.05) is 45.3 Å². The Balaban J connectivity index is 1.13. The van der Waals surface area contributed by atoms with Crippen LogP contribution in [0, 0.1) is 11.8 Å². The molecule has 0 bridgehead atoms. The number of thiazole rings is 2. The Morgan fingerprint density at radius 1 is 0.314 bits per heavy atom. The van der Waals surface area contributed by atoms with Crippen molar-refractivity contribution < 1.29 is 0 Å². The highest BCUT2D eigenvalue weighted by Gasteiger charge is 2.18. The molecule has 0 fully saturated rings. The van der Waals surface area contributed by atoms with Gasteiger partial charge in [0.25, 0.3) is 0 Å². The standard InChI is InChI=1S/C64H104N2S4/c1-5-9-13-17-21-25-27-31-35-39-43-53(41-37-33-29-23-19-15-11-7-3)49-55-45-47-59(67-55)63-65-57-51-62-58(52-61(57)69-63)66-64(70-62)60-48-46-56(68-60)50-54(42-38-34-30-24-20-16-12-8-4)44-40-36-32-28-26-22-18-14-10-6-2/h45-48,51-54H,5-44,49-50H2,1-4H3. The number of hydrogen-bond donors (Lipinski definition) is 0. The lowest BCUT2D eigenvalue weighted by Crippen LogP contribution is -2.04. The zero-order valence-electron chi connectivity index (χ0n) is 45.8. The predicted molar refractivity (Wildman–Crippen MR) is 321 cm³/mol. The first-order chi connectivity index (χ1) is 34.6. The van der Waals surface area contributed by atoms with Crippen LogP contribution in [-0.2, 0) is 12.8 Å². The molecule has 2 nitrogen and oxygen atoms in total. The molecular formula is C64H104N2S4. The van der Waals surface area contributed by atoms with E-state index in [0.29, 0.717) is 0 Å². The fourth-order valence-corrected chi connectivity index (χ4v) is 15.3. The third kappa shape index (κ3) is 24.2. The van der Waals surface area contributed by atoms with Gasteiger partial charge in [-0.05, 0) is 61.1 Å². The highest BCUT2D eigenvalue weighted by Crippen LogP contribution is 2.41. The van der Waals surface area contributed by atoms with Crippen molar-refractivity contribution in [2.45, 2.75) is 297 Å². The third-order valence-corrected chi connectivity index (χ3v) is 20.1. The molecule has 1 aromatic carbocycles. The smallest absolute Gasteiger partial charge is 0.134 e. The maximum atomic E-state index is 5.27. The Kier molecular flexibility index (Phi) is 32.2. The van der Waals surface area contributed by atoms with Crippen molar-refractivity contribution in [1.29, 1.82) is 0 Å². The molecule has 2 atom stereocenters. The van der Waals surface area contributed by atoms with E-state index >= 15 is 0 Å². The summed E-state index contributed by atoms with van der Waals surface area (Å²) in [6, 6.07) is 14.3. The number of aromatic nitrogens is 2. The highest BCUT2D eigenvalue weighted by molar-refractivity contribution is 7.27. The number of fused-ring (bicyclic) bond motifs is 2. The lowest BCUT2D eigenvalue weighted by Gasteiger charge is -2.16. The second kappa shape index (κ2) is 38.0. The Hall–Kier alpha value is -1.60. The second-order valence-electron chi connectivity index (χ2n) is 22.0. The number of unbranched alkanes of at least 4 members (excludes halogenated alkanes) is 32. The van der Waals surface area contributed by atoms with Crippen LogP contribution in [0.3, 0.4) is 0 Å². The molecule has 0 spiro atoms. The maximum absolute atomic E-state index is 5.27. The highest BCUT2D eigenvalue weighted by atomic mass is 32.1. The van der Waals surface area contributed by atoms with Crippen molar-refractivity contribution in [2.75, 3.05) is 0 Å². The van der Waals surface area contributed by atoms with Crippen molar-refractivity contribution >= 4 is 65.8 Å². The molecule has 70 heavy (non-hydrogen) atoms. The van der Waals surface area contributed by atoms with E-state index in [1.165, 1.54) is 299 Å². The molecule has 394 valence electrons. The third-order valence-electron chi connectivity index (χ3n) is 15.5. The first-order valence-corrected chi connectivity index (χ1v) is 33.8. The molecule has 4 heterocycles. The monoisotopic (exact) mass is 1030 g/mol. The summed E-state index contributed by atoms with van der Waals surface area (Å²) in [4.78, 5) is 16.4. The number of benzene rings is 1. The van der Waals surface area contributed by atoms with Gasteiger partial charge >= 0.3 is 0 Å². The van der Waals surface area contributed by atoms with E-state index in [1.54, 1.807) is 9.75 Å². The van der Waals surface area contributed by atoms with Gasteiger partial charge in [0.05, 0.1) is 30.2 Å². The van der Waals surface area contributed by atoms with E-state index in [9.17, 15) is 0 Å². The summed E-state index contributed by atoms with van der Waals surface area (Å²) in [5, 5.41) is 2.36. The number of hydrogen-bond acceptors (Lipinski definition) is 6. The van der Waals surface area contributed by atoms with Gasteiger partial charge in [0.15, 0.2) is 0 Å². The van der Waals surface area contributed by atoms with Gasteiger partial charge in [-0.25, -0.2) is 9.97 Å². The Labute approximate surface area is 447 Å². The minimum atomic E-state index is 0.818. The van der Waals surface area contributed by atoms with Gasteiger partial charge in [-0.15, -0.1) is 45.3 Å². The molecule has 0 saturated carbocycles. The molecule has 0 radical (unpaired) electrons. The summed E-state index contributed by atoms with van der Waals surface area (Å²) < 4.78 is 2.54. The molecule has 0 aliphatic carbocycles. The fourth-order valence-electron chi connectivity index (χ4n) is 11.0. The van der Waals surface area contributed by atoms with Gasteiger partial charge in [0.2, 0.25) is 0 Å². The first-order valence-electron chi connectivity index (χ1n) is 30.5. The van der Waals surface area contributed by atoms with Crippen LogP contribution in [0.1, 0.15) is 294 Å². The van der Waals surface area contributed by atoms with Crippen LogP contribution in [0.2, 0.25) is 0 Å². The van der Waals surface area contributed by atoms with Crippen LogP contribution in [0.4, 0.5) is 0 Å². The largest absolute Gasteiger partial charge is 0.235 e. The average molecular weight is 1030 g/mol. The Bertz CT molecular complexity index is 1810. The molecule has 6 heteroatoms. The lowest BCUT2D eigenvalue weighted by atomic mass is 9.91. The van der Waals surface area contributed by atoms with Crippen LogP contribution in [0.25, 0.3) is 40.2 Å². The van der Waals surface area contributed by atoms with E-state index in [4.69, 9.17) is 9.97 Å². The quantitative estimate of drug-likeness (QED) is 0.0363. The minimum Gasteiger partial charge on any atom is -0.235 e. The molecule has 0 aliphatic rings. The first kappa shape index (κ1) is 59.3. The van der Waals surface area contributed by atoms with Gasteiger partial charge in [-0.3, -0.25) is 0 Å². The van der Waals surface area contributed by atoms with Crippen molar-refractivity contribution in [1.82, 2.24) is 9.97 Å². The molecule has 0 amide bonds. The summed E-state index contributed by atoms with van der Waals surface area (Å²) in [5.74, 6) is 1.64. The summed E-state index contributed by atoms with van der Waals surface area (Å²) in [7, 11) is 0. The zero-order chi connectivity index (χ0) is 49.1. The van der Waals surface area contributed by atoms with Gasteiger partial charge in [-0.1, -0.05) is 285 Å². The molecule has 0 saturated heterocycles. The molecular weight excluding hydrogens is 925 g/mol. The van der Waals surface area contributed by atoms with Gasteiger partial charge < -0.3 is 0 Å². The topological polar surface area (TPSA) is 25.8 Å². The zero-order valence-corrected chi connectivity index (χ0v) is 49.1. The molecule has 4 aromatic heterocycles. The van der Waals surface area contributed by atoms with Crippen LogP contribution in [0.5, 0.6) is 0 Å². The maximum Gasteiger partial charge on any atom is 0.134 e. The lowest BCUT2D eigenvalue weighted by molar-refractivity contribution is 0.401. The van der Waals surface area contributed by atoms with Crippen molar-refractivity contribution in [3.8, 4) is 19.8 Å². The van der Waals surface area contributed by atoms with E-state index in [-0.39, 0.29) is 0 Å². The average Bonchev–Trinajstić information content (AvgIpc) is 4.20. The predicted octanol–water partition coefficient (Wildman–Crippen LogP) is 24.4. The SMILES string of the molecule is CCCCCCCCCCCCC(CCCCCCCCCC)Cc1ccc(-c2nc3cc4sc(-c5ccc(CC(CCCCCCCCCC)CCCCCCCCCCCC)s5)nc4cc3s2)s1. The van der Waals surface area contributed by atoms with E-state index in [2.05, 4.69) is 64.1 Å². The summed E-state index contributed by atoms with van der Waals surface area (Å²) in [5.41, 5.74) is 2.27. The number of thiophene rings is 2. The van der Waals surface area contributed by atoms with Crippen molar-refractivity contribution in [2.24, 2.45) is 11.8 Å².